The summed E-state index contributed by atoms with van der Waals surface area (Å²) in [4.78, 5) is 22.5. The van der Waals surface area contributed by atoms with Gasteiger partial charge in [0.25, 0.3) is 0 Å². The Labute approximate surface area is 116 Å². The van der Waals surface area contributed by atoms with Crippen molar-refractivity contribution in [1.29, 1.82) is 0 Å². The minimum absolute atomic E-state index is 0. The number of benzene rings is 1. The van der Waals surface area contributed by atoms with Gasteiger partial charge in [-0.15, -0.1) is 12.4 Å². The summed E-state index contributed by atoms with van der Waals surface area (Å²) in [5.74, 6) is -0.581. The number of anilines is 2. The van der Waals surface area contributed by atoms with E-state index in [0.717, 1.165) is 0 Å². The molecule has 5 nitrogen and oxygen atoms in total. The zero-order chi connectivity index (χ0) is 13.0. The number of rotatable bonds is 3. The standard InChI is InChI=1S/C11H14ClN3O2.ClH/c1-6(13)11(17)15-10-5-8(12)3-4-9(10)14-7(2)16;/h3-6H,13H2,1-2H3,(H,14,16)(H,15,17);1H/t6-;/m0./s1. The zero-order valence-electron chi connectivity index (χ0n) is 9.99. The minimum atomic E-state index is -0.640. The third kappa shape index (κ3) is 4.91. The normalized spacial score (nSPS) is 11.1. The third-order valence-corrected chi connectivity index (χ3v) is 2.20. The van der Waals surface area contributed by atoms with Crippen molar-refractivity contribution in [3.8, 4) is 0 Å². The van der Waals surface area contributed by atoms with Crippen LogP contribution in [0.5, 0.6) is 0 Å². The third-order valence-electron chi connectivity index (χ3n) is 1.96. The van der Waals surface area contributed by atoms with Gasteiger partial charge in [0, 0.05) is 11.9 Å². The molecule has 0 aliphatic carbocycles. The highest BCUT2D eigenvalue weighted by Crippen LogP contribution is 2.25. The van der Waals surface area contributed by atoms with Crippen molar-refractivity contribution >= 4 is 47.2 Å². The van der Waals surface area contributed by atoms with Gasteiger partial charge < -0.3 is 16.4 Å². The summed E-state index contributed by atoms with van der Waals surface area (Å²) in [6.45, 7) is 2.95. The Morgan fingerprint density at radius 2 is 1.89 bits per heavy atom. The summed E-state index contributed by atoms with van der Waals surface area (Å²) < 4.78 is 0. The Morgan fingerprint density at radius 3 is 2.39 bits per heavy atom. The van der Waals surface area contributed by atoms with Crippen LogP contribution in [0.3, 0.4) is 0 Å². The summed E-state index contributed by atoms with van der Waals surface area (Å²) in [6.07, 6.45) is 0. The van der Waals surface area contributed by atoms with Gasteiger partial charge in [-0.25, -0.2) is 0 Å². The molecule has 0 aromatic heterocycles. The molecule has 0 fully saturated rings. The monoisotopic (exact) mass is 291 g/mol. The van der Waals surface area contributed by atoms with E-state index in [1.54, 1.807) is 25.1 Å². The van der Waals surface area contributed by atoms with Crippen LogP contribution in [0.4, 0.5) is 11.4 Å². The molecular formula is C11H15Cl2N3O2. The van der Waals surface area contributed by atoms with Crippen LogP contribution >= 0.6 is 24.0 Å². The van der Waals surface area contributed by atoms with Crippen LogP contribution < -0.4 is 16.4 Å². The van der Waals surface area contributed by atoms with Gasteiger partial charge in [-0.05, 0) is 25.1 Å². The predicted octanol–water partition coefficient (Wildman–Crippen LogP) is 2.01. The average molecular weight is 292 g/mol. The molecular weight excluding hydrogens is 277 g/mol. The summed E-state index contributed by atoms with van der Waals surface area (Å²) in [6, 6.07) is 4.14. The highest BCUT2D eigenvalue weighted by molar-refractivity contribution is 6.31. The van der Waals surface area contributed by atoms with Crippen molar-refractivity contribution in [3.63, 3.8) is 0 Å². The number of amides is 2. The van der Waals surface area contributed by atoms with E-state index in [4.69, 9.17) is 17.3 Å². The van der Waals surface area contributed by atoms with E-state index in [1.807, 2.05) is 0 Å². The van der Waals surface area contributed by atoms with Crippen molar-refractivity contribution in [3.05, 3.63) is 23.2 Å². The van der Waals surface area contributed by atoms with Gasteiger partial charge in [-0.2, -0.15) is 0 Å². The molecule has 0 unspecified atom stereocenters. The quantitative estimate of drug-likeness (QED) is 0.796. The fourth-order valence-electron chi connectivity index (χ4n) is 1.17. The van der Waals surface area contributed by atoms with Crippen LogP contribution in [0, 0.1) is 0 Å². The Kier molecular flexibility index (Phi) is 6.68. The summed E-state index contributed by atoms with van der Waals surface area (Å²) >= 11 is 5.82. The van der Waals surface area contributed by atoms with Gasteiger partial charge in [0.1, 0.15) is 0 Å². The molecule has 18 heavy (non-hydrogen) atoms. The van der Waals surface area contributed by atoms with Crippen LogP contribution in [-0.2, 0) is 9.59 Å². The average Bonchev–Trinajstić information content (AvgIpc) is 2.21. The number of hydrogen-bond acceptors (Lipinski definition) is 3. The Hall–Kier alpha value is -1.30. The maximum Gasteiger partial charge on any atom is 0.241 e. The summed E-state index contributed by atoms with van der Waals surface area (Å²) in [5, 5.41) is 5.64. The van der Waals surface area contributed by atoms with E-state index in [-0.39, 0.29) is 24.2 Å². The molecule has 1 atom stereocenters. The number of nitrogens with one attached hydrogen (secondary N) is 2. The smallest absolute Gasteiger partial charge is 0.241 e. The maximum absolute atomic E-state index is 11.5. The molecule has 0 aliphatic heterocycles. The first-order valence-corrected chi connectivity index (χ1v) is 5.41. The van der Waals surface area contributed by atoms with Crippen LogP contribution in [0.2, 0.25) is 5.02 Å². The van der Waals surface area contributed by atoms with Crippen molar-refractivity contribution in [2.45, 2.75) is 19.9 Å². The van der Waals surface area contributed by atoms with Gasteiger partial charge in [0.15, 0.2) is 0 Å². The van der Waals surface area contributed by atoms with Gasteiger partial charge >= 0.3 is 0 Å². The molecule has 0 radical (unpaired) electrons. The lowest BCUT2D eigenvalue weighted by molar-refractivity contribution is -0.117. The first-order chi connectivity index (χ1) is 7.90. The van der Waals surface area contributed by atoms with Gasteiger partial charge in [0.2, 0.25) is 11.8 Å². The molecule has 2 amide bonds. The summed E-state index contributed by atoms with van der Waals surface area (Å²) in [7, 11) is 0. The second-order valence-corrected chi connectivity index (χ2v) is 4.09. The Morgan fingerprint density at radius 1 is 1.28 bits per heavy atom. The van der Waals surface area contributed by atoms with Crippen molar-refractivity contribution in [2.24, 2.45) is 5.73 Å². The number of halogens is 2. The molecule has 0 bridgehead atoms. The lowest BCUT2D eigenvalue weighted by atomic mass is 10.2. The highest BCUT2D eigenvalue weighted by atomic mass is 35.5. The highest BCUT2D eigenvalue weighted by Gasteiger charge is 2.11. The van der Waals surface area contributed by atoms with Crippen LogP contribution in [0.25, 0.3) is 0 Å². The molecule has 7 heteroatoms. The maximum atomic E-state index is 11.5. The molecule has 1 rings (SSSR count). The number of nitrogens with two attached hydrogens (primary N) is 1. The Bertz CT molecular complexity index is 450. The van der Waals surface area contributed by atoms with Crippen molar-refractivity contribution in [2.75, 3.05) is 10.6 Å². The van der Waals surface area contributed by atoms with Crippen molar-refractivity contribution in [1.82, 2.24) is 0 Å². The SMILES string of the molecule is CC(=O)Nc1ccc(Cl)cc1NC(=O)[C@H](C)N.Cl. The van der Waals surface area contributed by atoms with E-state index in [0.29, 0.717) is 16.4 Å². The molecule has 4 N–H and O–H groups in total. The van der Waals surface area contributed by atoms with E-state index in [1.165, 1.54) is 6.92 Å². The van der Waals surface area contributed by atoms with Gasteiger partial charge in [-0.3, -0.25) is 9.59 Å². The second kappa shape index (κ2) is 7.20. The largest absolute Gasteiger partial charge is 0.325 e. The molecule has 1 aromatic rings. The lowest BCUT2D eigenvalue weighted by Gasteiger charge is -2.13. The van der Waals surface area contributed by atoms with E-state index in [9.17, 15) is 9.59 Å². The number of hydrogen-bond donors (Lipinski definition) is 3. The number of carbonyl (C=O) groups excluding carboxylic acids is 2. The van der Waals surface area contributed by atoms with Gasteiger partial charge in [-0.1, -0.05) is 11.6 Å². The van der Waals surface area contributed by atoms with Crippen LogP contribution in [-0.4, -0.2) is 17.9 Å². The number of carbonyl (C=O) groups is 2. The molecule has 100 valence electrons. The first-order valence-electron chi connectivity index (χ1n) is 5.03. The Balaban J connectivity index is 0.00000289. The molecule has 0 heterocycles. The second-order valence-electron chi connectivity index (χ2n) is 3.65. The summed E-state index contributed by atoms with van der Waals surface area (Å²) in [5.41, 5.74) is 6.35. The van der Waals surface area contributed by atoms with Crippen LogP contribution in [0.15, 0.2) is 18.2 Å². The lowest BCUT2D eigenvalue weighted by Crippen LogP contribution is -2.32. The van der Waals surface area contributed by atoms with E-state index < -0.39 is 6.04 Å². The molecule has 0 saturated heterocycles. The van der Waals surface area contributed by atoms with Crippen molar-refractivity contribution < 1.29 is 9.59 Å². The predicted molar refractivity (Wildman–Crippen MR) is 75.3 cm³/mol. The molecule has 0 saturated carbocycles. The fraction of sp³-hybridized carbons (Fsp3) is 0.273. The molecule has 0 aliphatic rings. The zero-order valence-corrected chi connectivity index (χ0v) is 11.6. The van der Waals surface area contributed by atoms with Crippen LogP contribution in [0.1, 0.15) is 13.8 Å². The fourth-order valence-corrected chi connectivity index (χ4v) is 1.34. The topological polar surface area (TPSA) is 84.2 Å². The van der Waals surface area contributed by atoms with E-state index in [2.05, 4.69) is 10.6 Å². The molecule has 1 aromatic carbocycles. The van der Waals surface area contributed by atoms with E-state index >= 15 is 0 Å². The minimum Gasteiger partial charge on any atom is -0.325 e. The van der Waals surface area contributed by atoms with Gasteiger partial charge in [0.05, 0.1) is 17.4 Å². The first kappa shape index (κ1) is 16.7. The molecule has 0 spiro atoms.